The van der Waals surface area contributed by atoms with Gasteiger partial charge in [-0.3, -0.25) is 4.79 Å². The van der Waals surface area contributed by atoms with Crippen molar-refractivity contribution in [2.45, 2.75) is 26.8 Å². The third kappa shape index (κ3) is 4.23. The van der Waals surface area contributed by atoms with Crippen molar-refractivity contribution in [1.29, 1.82) is 0 Å². The standard InChI is InChI=1S/C22H25N3O4S/c1-5-25(6-2)20(26)18-13(3)23-22(30)24-19(18)17-12-11-16(29-17)14-7-9-15(10-8-14)21(27)28-4/h7-12,19H,5-6H2,1-4H3,(H2,23,24,30)/t19-/m0/s1. The van der Waals surface area contributed by atoms with Crippen molar-refractivity contribution in [3.05, 3.63) is 59.0 Å². The molecule has 0 aliphatic carbocycles. The maximum Gasteiger partial charge on any atom is 0.337 e. The number of hydrogen-bond acceptors (Lipinski definition) is 5. The Morgan fingerprint density at radius 1 is 1.13 bits per heavy atom. The molecule has 1 aliphatic heterocycles. The number of furan rings is 1. The number of methoxy groups -OCH3 is 1. The fraction of sp³-hybridized carbons (Fsp3) is 0.318. The van der Waals surface area contributed by atoms with Crippen LogP contribution >= 0.6 is 12.2 Å². The average Bonchev–Trinajstić information content (AvgIpc) is 3.23. The molecule has 0 radical (unpaired) electrons. The minimum atomic E-state index is -0.491. The van der Waals surface area contributed by atoms with E-state index in [0.29, 0.717) is 46.6 Å². The summed E-state index contributed by atoms with van der Waals surface area (Å²) in [6.45, 7) is 6.96. The molecular formula is C22H25N3O4S. The molecule has 1 atom stereocenters. The van der Waals surface area contributed by atoms with Crippen LogP contribution in [0, 0.1) is 0 Å². The number of rotatable bonds is 6. The van der Waals surface area contributed by atoms with Crippen LogP contribution in [0.3, 0.4) is 0 Å². The Balaban J connectivity index is 1.93. The molecule has 2 N–H and O–H groups in total. The number of esters is 1. The maximum absolute atomic E-state index is 13.1. The van der Waals surface area contributed by atoms with E-state index in [0.717, 1.165) is 5.56 Å². The van der Waals surface area contributed by atoms with Crippen LogP contribution in [0.5, 0.6) is 0 Å². The molecule has 2 aromatic rings. The van der Waals surface area contributed by atoms with E-state index < -0.39 is 12.0 Å². The van der Waals surface area contributed by atoms with Gasteiger partial charge >= 0.3 is 5.97 Å². The van der Waals surface area contributed by atoms with Crippen LogP contribution in [-0.2, 0) is 9.53 Å². The van der Waals surface area contributed by atoms with Crippen LogP contribution in [0.1, 0.15) is 42.9 Å². The molecule has 8 heteroatoms. The normalized spacial score (nSPS) is 16.0. The molecule has 1 aromatic carbocycles. The Kier molecular flexibility index (Phi) is 6.56. The molecule has 158 valence electrons. The topological polar surface area (TPSA) is 83.8 Å². The van der Waals surface area contributed by atoms with Crippen LogP contribution in [0.4, 0.5) is 0 Å². The average molecular weight is 428 g/mol. The highest BCUT2D eigenvalue weighted by Crippen LogP contribution is 2.32. The van der Waals surface area contributed by atoms with Gasteiger partial charge < -0.3 is 24.7 Å². The van der Waals surface area contributed by atoms with Gasteiger partial charge in [0.2, 0.25) is 0 Å². The van der Waals surface area contributed by atoms with Crippen LogP contribution in [-0.4, -0.2) is 42.1 Å². The Labute approximate surface area is 181 Å². The number of nitrogens with zero attached hydrogens (tertiary/aromatic N) is 1. The predicted molar refractivity (Wildman–Crippen MR) is 118 cm³/mol. The second-order valence-corrected chi connectivity index (χ2v) is 7.23. The molecule has 0 fully saturated rings. The fourth-order valence-corrected chi connectivity index (χ4v) is 3.69. The second-order valence-electron chi connectivity index (χ2n) is 6.82. The molecular weight excluding hydrogens is 402 g/mol. The summed E-state index contributed by atoms with van der Waals surface area (Å²) >= 11 is 5.31. The van der Waals surface area contributed by atoms with Crippen molar-refractivity contribution in [1.82, 2.24) is 15.5 Å². The quantitative estimate of drug-likeness (QED) is 0.540. The lowest BCUT2D eigenvalue weighted by molar-refractivity contribution is -0.127. The first kappa shape index (κ1) is 21.6. The molecule has 1 aromatic heterocycles. The van der Waals surface area contributed by atoms with E-state index in [2.05, 4.69) is 10.6 Å². The van der Waals surface area contributed by atoms with E-state index in [4.69, 9.17) is 21.4 Å². The van der Waals surface area contributed by atoms with Crippen LogP contribution in [0.15, 0.2) is 52.1 Å². The zero-order valence-corrected chi connectivity index (χ0v) is 18.3. The van der Waals surface area contributed by atoms with Crippen molar-refractivity contribution in [2.75, 3.05) is 20.2 Å². The highest BCUT2D eigenvalue weighted by molar-refractivity contribution is 7.80. The Morgan fingerprint density at radius 2 is 1.80 bits per heavy atom. The lowest BCUT2D eigenvalue weighted by Gasteiger charge is -2.31. The first-order valence-electron chi connectivity index (χ1n) is 9.75. The molecule has 0 saturated heterocycles. The van der Waals surface area contributed by atoms with E-state index in [-0.39, 0.29) is 5.91 Å². The minimum Gasteiger partial charge on any atom is -0.465 e. The van der Waals surface area contributed by atoms with Crippen molar-refractivity contribution in [2.24, 2.45) is 0 Å². The SMILES string of the molecule is CCN(CC)C(=O)C1=C(C)NC(=S)N[C@H]1c1ccc(-c2ccc(C(=O)OC)cc2)o1. The number of allylic oxidation sites excluding steroid dienone is 1. The number of hydrogen-bond donors (Lipinski definition) is 2. The zero-order chi connectivity index (χ0) is 21.8. The van der Waals surface area contributed by atoms with Gasteiger partial charge in [0.15, 0.2) is 5.11 Å². The van der Waals surface area contributed by atoms with Gasteiger partial charge in [-0.2, -0.15) is 0 Å². The Morgan fingerprint density at radius 3 is 2.40 bits per heavy atom. The number of nitrogens with one attached hydrogen (secondary N) is 2. The maximum atomic E-state index is 13.1. The molecule has 30 heavy (non-hydrogen) atoms. The summed E-state index contributed by atoms with van der Waals surface area (Å²) in [6.07, 6.45) is 0. The molecule has 0 saturated carbocycles. The number of ether oxygens (including phenoxy) is 1. The number of carbonyl (C=O) groups is 2. The molecule has 2 heterocycles. The third-order valence-electron chi connectivity index (χ3n) is 5.05. The largest absolute Gasteiger partial charge is 0.465 e. The third-order valence-corrected chi connectivity index (χ3v) is 5.27. The summed E-state index contributed by atoms with van der Waals surface area (Å²) in [5, 5.41) is 6.63. The van der Waals surface area contributed by atoms with E-state index >= 15 is 0 Å². The summed E-state index contributed by atoms with van der Waals surface area (Å²) in [6, 6.07) is 10.1. The lowest BCUT2D eigenvalue weighted by Crippen LogP contribution is -2.47. The fourth-order valence-electron chi connectivity index (χ4n) is 3.42. The van der Waals surface area contributed by atoms with Gasteiger partial charge in [0.05, 0.1) is 18.2 Å². The second kappa shape index (κ2) is 9.13. The van der Waals surface area contributed by atoms with Crippen molar-refractivity contribution >= 4 is 29.2 Å². The molecule has 0 unspecified atom stereocenters. The number of amides is 1. The van der Waals surface area contributed by atoms with Gasteiger partial charge in [0.25, 0.3) is 5.91 Å². The van der Waals surface area contributed by atoms with E-state index in [1.807, 2.05) is 32.9 Å². The Hall–Kier alpha value is -3.13. The molecule has 7 nitrogen and oxygen atoms in total. The highest BCUT2D eigenvalue weighted by atomic mass is 32.1. The summed E-state index contributed by atoms with van der Waals surface area (Å²) in [5.41, 5.74) is 2.56. The summed E-state index contributed by atoms with van der Waals surface area (Å²) in [7, 11) is 1.35. The predicted octanol–water partition coefficient (Wildman–Crippen LogP) is 3.39. The number of likely N-dealkylation sites (N-methyl/N-ethyl adjacent to an activating group) is 1. The van der Waals surface area contributed by atoms with Gasteiger partial charge in [0.1, 0.15) is 17.6 Å². The molecule has 0 bridgehead atoms. The summed E-state index contributed by atoms with van der Waals surface area (Å²) in [4.78, 5) is 26.5. The minimum absolute atomic E-state index is 0.0645. The molecule has 1 aliphatic rings. The van der Waals surface area contributed by atoms with Crippen LogP contribution in [0.25, 0.3) is 11.3 Å². The summed E-state index contributed by atoms with van der Waals surface area (Å²) in [5.74, 6) is 0.750. The number of carbonyl (C=O) groups excluding carboxylic acids is 2. The smallest absolute Gasteiger partial charge is 0.337 e. The van der Waals surface area contributed by atoms with Crippen molar-refractivity contribution in [3.63, 3.8) is 0 Å². The van der Waals surface area contributed by atoms with E-state index in [9.17, 15) is 9.59 Å². The van der Waals surface area contributed by atoms with Gasteiger partial charge in [-0.25, -0.2) is 4.79 Å². The monoisotopic (exact) mass is 427 g/mol. The number of thiocarbonyl (C=S) groups is 1. The highest BCUT2D eigenvalue weighted by Gasteiger charge is 2.33. The zero-order valence-electron chi connectivity index (χ0n) is 17.4. The van der Waals surface area contributed by atoms with E-state index in [1.165, 1.54) is 7.11 Å². The summed E-state index contributed by atoms with van der Waals surface area (Å²) < 4.78 is 10.8. The van der Waals surface area contributed by atoms with Crippen molar-refractivity contribution < 1.29 is 18.7 Å². The van der Waals surface area contributed by atoms with E-state index in [1.54, 1.807) is 29.2 Å². The first-order valence-corrected chi connectivity index (χ1v) is 10.2. The first-order chi connectivity index (χ1) is 14.4. The van der Waals surface area contributed by atoms with Crippen molar-refractivity contribution in [3.8, 4) is 11.3 Å². The number of benzene rings is 1. The molecule has 3 rings (SSSR count). The van der Waals surface area contributed by atoms with Gasteiger partial charge in [0, 0.05) is 24.4 Å². The molecule has 0 spiro atoms. The van der Waals surface area contributed by atoms with Crippen LogP contribution < -0.4 is 10.6 Å². The van der Waals surface area contributed by atoms with Gasteiger partial charge in [-0.05, 0) is 57.3 Å². The lowest BCUT2D eigenvalue weighted by atomic mass is 9.99. The van der Waals surface area contributed by atoms with Crippen LogP contribution in [0.2, 0.25) is 0 Å². The van der Waals surface area contributed by atoms with Gasteiger partial charge in [-0.1, -0.05) is 12.1 Å². The van der Waals surface area contributed by atoms with Gasteiger partial charge in [-0.15, -0.1) is 0 Å². The Bertz CT molecular complexity index is 990. The molecule has 1 amide bonds.